The van der Waals surface area contributed by atoms with Crippen molar-refractivity contribution in [3.63, 3.8) is 0 Å². The summed E-state index contributed by atoms with van der Waals surface area (Å²) in [5, 5.41) is 0. The van der Waals surface area contributed by atoms with E-state index in [9.17, 15) is 0 Å². The van der Waals surface area contributed by atoms with Crippen molar-refractivity contribution in [2.75, 3.05) is 37.0 Å². The second-order valence-corrected chi connectivity index (χ2v) is 13.7. The van der Waals surface area contributed by atoms with Crippen LogP contribution >= 0.6 is 29.8 Å². The fourth-order valence-corrected chi connectivity index (χ4v) is 12.7. The van der Waals surface area contributed by atoms with Crippen molar-refractivity contribution in [1.29, 1.82) is 0 Å². The molecule has 0 saturated carbocycles. The summed E-state index contributed by atoms with van der Waals surface area (Å²) in [5.41, 5.74) is 0. The Morgan fingerprint density at radius 3 is 1.21 bits per heavy atom. The zero-order valence-electron chi connectivity index (χ0n) is 7.82. The highest BCUT2D eigenvalue weighted by Gasteiger charge is 2.19. The molecule has 0 aromatic rings. The van der Waals surface area contributed by atoms with Gasteiger partial charge in [-0.3, -0.25) is 23.3 Å². The third kappa shape index (κ3) is 9.18. The number of hydrogen-bond acceptors (Lipinski definition) is 4. The van der Waals surface area contributed by atoms with Crippen LogP contribution in [0, 0.1) is 0 Å². The van der Waals surface area contributed by atoms with E-state index >= 15 is 0 Å². The SMILES string of the molecule is [S-]PCC[P+]([S-])(CCP[S-])CCP[S-]. The van der Waals surface area contributed by atoms with E-state index in [-0.39, 0.29) is 0 Å². The minimum absolute atomic E-state index is 0.638. The fourth-order valence-electron chi connectivity index (χ4n) is 1.08. The van der Waals surface area contributed by atoms with Crippen LogP contribution in [0.4, 0.5) is 0 Å². The maximum Gasteiger partial charge on any atom is 0.0418 e. The second kappa shape index (κ2) is 11.2. The van der Waals surface area contributed by atoms with Crippen LogP contribution in [0.5, 0.6) is 0 Å². The minimum Gasteiger partial charge on any atom is -0.762 e. The molecule has 3 atom stereocenters. The highest BCUT2D eigenvalue weighted by molar-refractivity contribution is 8.42. The lowest BCUT2D eigenvalue weighted by Crippen LogP contribution is -2.09. The van der Waals surface area contributed by atoms with E-state index in [2.05, 4.69) is 0 Å². The Kier molecular flexibility index (Phi) is 13.7. The predicted molar refractivity (Wildman–Crippen MR) is 90.5 cm³/mol. The van der Waals surface area contributed by atoms with E-state index < -0.39 is 6.46 Å². The van der Waals surface area contributed by atoms with Crippen molar-refractivity contribution >= 4 is 78.8 Å². The van der Waals surface area contributed by atoms with Gasteiger partial charge in [0, 0.05) is 18.5 Å². The van der Waals surface area contributed by atoms with E-state index in [0.717, 1.165) is 18.5 Å². The van der Waals surface area contributed by atoms with Gasteiger partial charge in [-0.05, 0) is 18.5 Å². The van der Waals surface area contributed by atoms with Gasteiger partial charge in [-0.25, -0.2) is 0 Å². The number of hydrogen-bond donors (Lipinski definition) is 0. The Hall–Kier alpha value is 3.12. The first kappa shape index (κ1) is 17.1. The molecule has 14 heavy (non-hydrogen) atoms. The molecule has 8 heteroatoms. The third-order valence-electron chi connectivity index (χ3n) is 1.86. The van der Waals surface area contributed by atoms with Crippen molar-refractivity contribution in [1.82, 2.24) is 0 Å². The van der Waals surface area contributed by atoms with Gasteiger partial charge in [0.15, 0.2) is 0 Å². The molecule has 0 spiro atoms. The van der Waals surface area contributed by atoms with Crippen LogP contribution in [0.15, 0.2) is 0 Å². The van der Waals surface area contributed by atoms with E-state index in [0.29, 0.717) is 23.3 Å². The molecule has 0 rings (SSSR count). The molecule has 0 radical (unpaired) electrons. The zero-order chi connectivity index (χ0) is 10.9. The van der Waals surface area contributed by atoms with Crippen LogP contribution in [0.3, 0.4) is 0 Å². The van der Waals surface area contributed by atoms with Gasteiger partial charge >= 0.3 is 0 Å². The van der Waals surface area contributed by atoms with Crippen molar-refractivity contribution in [3.05, 3.63) is 0 Å². The molecular formula is C6H15P4S4-3. The summed E-state index contributed by atoms with van der Waals surface area (Å²) in [5.74, 6) is 0. The van der Waals surface area contributed by atoms with Gasteiger partial charge in [0.25, 0.3) is 0 Å². The molecule has 0 bridgehead atoms. The Morgan fingerprint density at radius 1 is 0.714 bits per heavy atom. The normalized spacial score (nSPS) is 18.0. The average Bonchev–Trinajstić information content (AvgIpc) is 2.21. The fraction of sp³-hybridized carbons (Fsp3) is 1.00. The molecule has 0 fully saturated rings. The van der Waals surface area contributed by atoms with Crippen LogP contribution in [0.1, 0.15) is 0 Å². The molecule has 0 saturated heterocycles. The van der Waals surface area contributed by atoms with E-state index in [1.807, 2.05) is 0 Å². The summed E-state index contributed by atoms with van der Waals surface area (Å²) in [6, 6.07) is 0. The van der Waals surface area contributed by atoms with Crippen molar-refractivity contribution in [2.45, 2.75) is 0 Å². The third-order valence-corrected chi connectivity index (χ3v) is 11.1. The van der Waals surface area contributed by atoms with Gasteiger partial charge in [0.1, 0.15) is 0 Å². The molecule has 0 amide bonds. The number of rotatable bonds is 9. The molecular weight excluding hydrogens is 324 g/mol. The van der Waals surface area contributed by atoms with Crippen molar-refractivity contribution < 1.29 is 0 Å². The van der Waals surface area contributed by atoms with Crippen molar-refractivity contribution in [3.8, 4) is 0 Å². The van der Waals surface area contributed by atoms with E-state index in [1.165, 1.54) is 18.5 Å². The minimum atomic E-state index is -1.11. The summed E-state index contributed by atoms with van der Waals surface area (Å²) in [4.78, 5) is 0. The smallest absolute Gasteiger partial charge is 0.0418 e. The molecule has 0 aliphatic heterocycles. The van der Waals surface area contributed by atoms with Gasteiger partial charge in [-0.2, -0.15) is 0 Å². The topological polar surface area (TPSA) is 0 Å². The van der Waals surface area contributed by atoms with Crippen LogP contribution in [-0.4, -0.2) is 37.0 Å². The highest BCUT2D eigenvalue weighted by Crippen LogP contribution is 2.57. The molecule has 86 valence electrons. The monoisotopic (exact) mass is 339 g/mol. The van der Waals surface area contributed by atoms with Gasteiger partial charge in [-0.15, -0.1) is 6.46 Å². The first-order chi connectivity index (χ1) is 6.68. The van der Waals surface area contributed by atoms with Gasteiger partial charge in [-0.1, -0.05) is 0 Å². The zero-order valence-corrected chi connectivity index (χ0v) is 15.0. The lowest BCUT2D eigenvalue weighted by Gasteiger charge is -2.35. The summed E-state index contributed by atoms with van der Waals surface area (Å²) in [6.07, 6.45) is 7.03. The van der Waals surface area contributed by atoms with Gasteiger partial charge < -0.3 is 49.0 Å². The molecule has 0 nitrogen and oxygen atoms in total. The predicted octanol–water partition coefficient (Wildman–Crippen LogP) is 2.89. The molecule has 0 heterocycles. The molecule has 0 aliphatic carbocycles. The van der Waals surface area contributed by atoms with Crippen molar-refractivity contribution in [2.24, 2.45) is 0 Å². The first-order valence-electron chi connectivity index (χ1n) is 4.30. The quantitative estimate of drug-likeness (QED) is 0.468. The summed E-state index contributed by atoms with van der Waals surface area (Å²) >= 11 is 20.8. The molecule has 0 N–H and O–H groups in total. The lowest BCUT2D eigenvalue weighted by atomic mass is 10.9. The molecule has 0 aliphatic rings. The lowest BCUT2D eigenvalue weighted by molar-refractivity contribution is 1.37. The van der Waals surface area contributed by atoms with Gasteiger partial charge in [0.2, 0.25) is 0 Å². The standard InChI is InChI=1S/C6H15P4S4/c11-7-1-4-10(14,5-2-8-12)6-3-9-13/h7-9H,1-6H2/q-3. The summed E-state index contributed by atoms with van der Waals surface area (Å²) in [6.45, 7) is -1.11. The largest absolute Gasteiger partial charge is 0.762 e. The second-order valence-electron chi connectivity index (χ2n) is 2.91. The molecule has 0 aromatic carbocycles. The van der Waals surface area contributed by atoms with Gasteiger partial charge in [0.05, 0.1) is 0 Å². The first-order valence-corrected chi connectivity index (χ1v) is 14.7. The molecule has 3 unspecified atom stereocenters. The average molecular weight is 339 g/mol. The van der Waals surface area contributed by atoms with E-state index in [4.69, 9.17) is 49.0 Å². The molecule has 0 aromatic heterocycles. The maximum absolute atomic E-state index is 5.78. The van der Waals surface area contributed by atoms with Crippen LogP contribution < -0.4 is 0 Å². The summed E-state index contributed by atoms with van der Waals surface area (Å²) < 4.78 is 0. The highest BCUT2D eigenvalue weighted by atomic mass is 32.7. The van der Waals surface area contributed by atoms with Crippen LogP contribution in [-0.2, 0) is 49.0 Å². The van der Waals surface area contributed by atoms with Crippen LogP contribution in [0.2, 0.25) is 0 Å². The van der Waals surface area contributed by atoms with E-state index in [1.54, 1.807) is 0 Å². The summed E-state index contributed by atoms with van der Waals surface area (Å²) in [7, 11) is 1.92. The Labute approximate surface area is 115 Å². The Bertz CT molecular complexity index is 115. The van der Waals surface area contributed by atoms with Crippen LogP contribution in [0.25, 0.3) is 0 Å². The Morgan fingerprint density at radius 2 is 1.00 bits per heavy atom. The maximum atomic E-state index is 5.78. The Balaban J connectivity index is 3.89.